The van der Waals surface area contributed by atoms with Crippen molar-refractivity contribution < 1.29 is 14.7 Å². The summed E-state index contributed by atoms with van der Waals surface area (Å²) in [6, 6.07) is 6.40. The number of amides is 2. The van der Waals surface area contributed by atoms with Crippen LogP contribution in [-0.2, 0) is 9.59 Å². The first-order valence-electron chi connectivity index (χ1n) is 6.98. The number of rotatable bonds is 4. The van der Waals surface area contributed by atoms with Crippen LogP contribution in [0.4, 0.5) is 0 Å². The van der Waals surface area contributed by atoms with Gasteiger partial charge in [0.2, 0.25) is 11.8 Å². The number of halogens is 1. The number of aliphatic hydroxyl groups is 1. The molecule has 1 aromatic rings. The minimum atomic E-state index is -0.816. The van der Waals surface area contributed by atoms with Crippen LogP contribution in [-0.4, -0.2) is 29.5 Å². The van der Waals surface area contributed by atoms with Gasteiger partial charge in [0.15, 0.2) is 0 Å². The lowest BCUT2D eigenvalue weighted by atomic mass is 9.95. The fourth-order valence-corrected chi connectivity index (χ4v) is 2.50. The molecule has 1 fully saturated rings. The number of nitrogens with one attached hydrogen (secondary N) is 2. The number of carbonyl (C=O) groups is 2. The highest BCUT2D eigenvalue weighted by Crippen LogP contribution is 2.20. The molecule has 0 aliphatic carbocycles. The molecular weight excluding hydrogens is 292 g/mol. The number of piperidine rings is 1. The fraction of sp³-hybridized carbons (Fsp3) is 0.467. The normalized spacial score (nSPS) is 21.3. The molecule has 0 bridgehead atoms. The molecule has 3 atom stereocenters. The zero-order valence-corrected chi connectivity index (χ0v) is 12.6. The Balaban J connectivity index is 1.93. The number of aliphatic hydroxyl groups excluding tert-OH is 1. The van der Waals surface area contributed by atoms with Crippen LogP contribution in [0.25, 0.3) is 0 Å². The predicted octanol–water partition coefficient (Wildman–Crippen LogP) is 1.40. The van der Waals surface area contributed by atoms with Gasteiger partial charge in [0.05, 0.1) is 12.1 Å². The molecule has 2 rings (SSSR count). The highest BCUT2D eigenvalue weighted by molar-refractivity contribution is 6.30. The Hall–Kier alpha value is -1.59. The average Bonchev–Trinajstić information content (AvgIpc) is 2.47. The van der Waals surface area contributed by atoms with Gasteiger partial charge in [-0.2, -0.15) is 0 Å². The maximum absolute atomic E-state index is 12.1. The van der Waals surface area contributed by atoms with E-state index in [9.17, 15) is 14.7 Å². The van der Waals surface area contributed by atoms with E-state index in [0.29, 0.717) is 23.6 Å². The lowest BCUT2D eigenvalue weighted by molar-refractivity contribution is -0.133. The van der Waals surface area contributed by atoms with Crippen molar-refractivity contribution in [3.63, 3.8) is 0 Å². The summed E-state index contributed by atoms with van der Waals surface area (Å²) < 4.78 is 0. The molecule has 0 aromatic heterocycles. The molecule has 1 aliphatic heterocycles. The number of carbonyl (C=O) groups excluding carboxylic acids is 2. The predicted molar refractivity (Wildman–Crippen MR) is 79.8 cm³/mol. The van der Waals surface area contributed by atoms with Gasteiger partial charge in [-0.3, -0.25) is 9.59 Å². The Morgan fingerprint density at radius 3 is 2.71 bits per heavy atom. The molecule has 0 radical (unpaired) electrons. The third-order valence-electron chi connectivity index (χ3n) is 3.67. The number of hydrogen-bond donors (Lipinski definition) is 3. The largest absolute Gasteiger partial charge is 0.386 e. The SMILES string of the molecule is CC(NC(=O)C1CCNC(=O)C1)C(O)c1ccc(Cl)cc1. The molecule has 1 saturated heterocycles. The highest BCUT2D eigenvalue weighted by Gasteiger charge is 2.28. The first-order valence-corrected chi connectivity index (χ1v) is 7.36. The van der Waals surface area contributed by atoms with Gasteiger partial charge in [0.1, 0.15) is 0 Å². The Bertz CT molecular complexity index is 518. The summed E-state index contributed by atoms with van der Waals surface area (Å²) in [7, 11) is 0. The fourth-order valence-electron chi connectivity index (χ4n) is 2.38. The molecule has 3 unspecified atom stereocenters. The minimum absolute atomic E-state index is 0.104. The molecule has 0 saturated carbocycles. The first-order chi connectivity index (χ1) is 9.97. The number of hydrogen-bond acceptors (Lipinski definition) is 3. The van der Waals surface area contributed by atoms with E-state index in [1.165, 1.54) is 0 Å². The maximum Gasteiger partial charge on any atom is 0.224 e. The standard InChI is InChI=1S/C15H19ClN2O3/c1-9(14(20)10-2-4-12(16)5-3-10)18-15(21)11-6-7-17-13(19)8-11/h2-5,9,11,14,20H,6-8H2,1H3,(H,17,19)(H,18,21). The van der Waals surface area contributed by atoms with E-state index in [1.807, 2.05) is 0 Å². The van der Waals surface area contributed by atoms with Gasteiger partial charge in [-0.1, -0.05) is 23.7 Å². The molecule has 114 valence electrons. The van der Waals surface area contributed by atoms with Crippen LogP contribution in [0.15, 0.2) is 24.3 Å². The van der Waals surface area contributed by atoms with Crippen molar-refractivity contribution in [3.05, 3.63) is 34.9 Å². The van der Waals surface area contributed by atoms with E-state index in [0.717, 1.165) is 0 Å². The van der Waals surface area contributed by atoms with E-state index >= 15 is 0 Å². The van der Waals surface area contributed by atoms with E-state index in [2.05, 4.69) is 10.6 Å². The van der Waals surface area contributed by atoms with Crippen molar-refractivity contribution in [3.8, 4) is 0 Å². The summed E-state index contributed by atoms with van der Waals surface area (Å²) in [5.41, 5.74) is 0.689. The minimum Gasteiger partial charge on any atom is -0.386 e. The van der Waals surface area contributed by atoms with Crippen molar-refractivity contribution in [2.75, 3.05) is 6.54 Å². The van der Waals surface area contributed by atoms with Crippen molar-refractivity contribution in [1.29, 1.82) is 0 Å². The van der Waals surface area contributed by atoms with Gasteiger partial charge in [-0.15, -0.1) is 0 Å². The Labute approximate surface area is 128 Å². The van der Waals surface area contributed by atoms with E-state index in [4.69, 9.17) is 11.6 Å². The summed E-state index contributed by atoms with van der Waals surface area (Å²) in [5.74, 6) is -0.615. The summed E-state index contributed by atoms with van der Waals surface area (Å²) in [4.78, 5) is 23.4. The lowest BCUT2D eigenvalue weighted by Gasteiger charge is -2.25. The van der Waals surface area contributed by atoms with Crippen LogP contribution in [0.5, 0.6) is 0 Å². The van der Waals surface area contributed by atoms with Crippen LogP contribution < -0.4 is 10.6 Å². The molecule has 1 aliphatic rings. The van der Waals surface area contributed by atoms with Crippen LogP contribution in [0.3, 0.4) is 0 Å². The van der Waals surface area contributed by atoms with Crippen LogP contribution >= 0.6 is 11.6 Å². The van der Waals surface area contributed by atoms with Crippen LogP contribution in [0.2, 0.25) is 5.02 Å². The van der Waals surface area contributed by atoms with Crippen molar-refractivity contribution in [1.82, 2.24) is 10.6 Å². The van der Waals surface area contributed by atoms with Gasteiger partial charge in [-0.05, 0) is 31.0 Å². The topological polar surface area (TPSA) is 78.4 Å². The Kier molecular flexibility index (Phi) is 5.20. The molecule has 3 N–H and O–H groups in total. The zero-order chi connectivity index (χ0) is 15.4. The molecule has 6 heteroatoms. The third kappa shape index (κ3) is 4.19. The van der Waals surface area contributed by atoms with Crippen molar-refractivity contribution in [2.24, 2.45) is 5.92 Å². The van der Waals surface area contributed by atoms with Crippen LogP contribution in [0, 0.1) is 5.92 Å². The van der Waals surface area contributed by atoms with Gasteiger partial charge in [-0.25, -0.2) is 0 Å². The molecule has 5 nitrogen and oxygen atoms in total. The Morgan fingerprint density at radius 1 is 1.43 bits per heavy atom. The summed E-state index contributed by atoms with van der Waals surface area (Å²) >= 11 is 5.81. The number of benzene rings is 1. The van der Waals surface area contributed by atoms with Gasteiger partial charge in [0, 0.05) is 23.9 Å². The maximum atomic E-state index is 12.1. The van der Waals surface area contributed by atoms with E-state index in [-0.39, 0.29) is 24.2 Å². The molecule has 1 aromatic carbocycles. The van der Waals surface area contributed by atoms with Gasteiger partial charge in [0.25, 0.3) is 0 Å². The molecule has 2 amide bonds. The van der Waals surface area contributed by atoms with E-state index < -0.39 is 12.1 Å². The highest BCUT2D eigenvalue weighted by atomic mass is 35.5. The van der Waals surface area contributed by atoms with Crippen LogP contribution in [0.1, 0.15) is 31.4 Å². The first kappa shape index (κ1) is 15.8. The molecular formula is C15H19ClN2O3. The zero-order valence-electron chi connectivity index (χ0n) is 11.8. The van der Waals surface area contributed by atoms with E-state index in [1.54, 1.807) is 31.2 Å². The second-order valence-corrected chi connectivity index (χ2v) is 5.77. The second kappa shape index (κ2) is 6.91. The average molecular weight is 311 g/mol. The summed E-state index contributed by atoms with van der Waals surface area (Å²) in [6.45, 7) is 2.26. The molecule has 0 spiro atoms. The van der Waals surface area contributed by atoms with Gasteiger partial charge >= 0.3 is 0 Å². The Morgan fingerprint density at radius 2 is 2.10 bits per heavy atom. The molecule has 1 heterocycles. The summed E-state index contributed by atoms with van der Waals surface area (Å²) in [5, 5.41) is 16.3. The van der Waals surface area contributed by atoms with Crippen molar-refractivity contribution >= 4 is 23.4 Å². The third-order valence-corrected chi connectivity index (χ3v) is 3.92. The molecule has 21 heavy (non-hydrogen) atoms. The second-order valence-electron chi connectivity index (χ2n) is 5.33. The van der Waals surface area contributed by atoms with Gasteiger partial charge < -0.3 is 15.7 Å². The lowest BCUT2D eigenvalue weighted by Crippen LogP contribution is -2.45. The van der Waals surface area contributed by atoms with Crippen molar-refractivity contribution in [2.45, 2.75) is 31.9 Å². The quantitative estimate of drug-likeness (QED) is 0.786. The smallest absolute Gasteiger partial charge is 0.224 e. The summed E-state index contributed by atoms with van der Waals surface area (Å²) in [6.07, 6.45) is 0.0142. The monoisotopic (exact) mass is 310 g/mol.